The van der Waals surface area contributed by atoms with Crippen LogP contribution in [0.1, 0.15) is 74.7 Å². The van der Waals surface area contributed by atoms with Crippen LogP contribution in [0.5, 0.6) is 0 Å². The van der Waals surface area contributed by atoms with Crippen LogP contribution in [0.15, 0.2) is 0 Å². The summed E-state index contributed by atoms with van der Waals surface area (Å²) in [6.45, 7) is 14.9. The smallest absolute Gasteiger partial charge is 0.407 e. The number of aliphatic hydroxyl groups excluding tert-OH is 1. The number of alkyl carbamates (subject to hydrolysis) is 1. The first-order valence-electron chi connectivity index (χ1n) is 9.05. The third-order valence-electron chi connectivity index (χ3n) is 3.53. The van der Waals surface area contributed by atoms with Crippen LogP contribution in [0.4, 0.5) is 4.79 Å². The van der Waals surface area contributed by atoms with Gasteiger partial charge < -0.3 is 19.9 Å². The van der Waals surface area contributed by atoms with Gasteiger partial charge in [-0.15, -0.1) is 0 Å². The quantitative estimate of drug-likeness (QED) is 0.646. The van der Waals surface area contributed by atoms with E-state index >= 15 is 0 Å². The molecule has 1 unspecified atom stereocenters. The number of amides is 1. The van der Waals surface area contributed by atoms with Gasteiger partial charge in [0.15, 0.2) is 0 Å². The SMILES string of the molecule is CC(C)C(CC[C@@H](CO)CC(=O)OC(C)(C)C)NC(=O)OC(C)(C)C. The van der Waals surface area contributed by atoms with E-state index in [1.54, 1.807) is 0 Å². The minimum absolute atomic E-state index is 0.0810. The molecule has 0 aromatic carbocycles. The lowest BCUT2D eigenvalue weighted by Gasteiger charge is -2.27. The standard InChI is InChI=1S/C19H37NO5/c1-13(2)15(20-17(23)25-19(6,7)8)10-9-14(12-21)11-16(22)24-18(3,4)5/h13-15,21H,9-12H2,1-8H3,(H,20,23)/t14-,15?/m1/s1. The molecule has 0 aliphatic rings. The van der Waals surface area contributed by atoms with E-state index in [1.807, 2.05) is 55.4 Å². The van der Waals surface area contributed by atoms with Crippen LogP contribution in [-0.2, 0) is 14.3 Å². The fraction of sp³-hybridized carbons (Fsp3) is 0.895. The molecule has 2 atom stereocenters. The molecule has 0 bridgehead atoms. The van der Waals surface area contributed by atoms with Crippen molar-refractivity contribution < 1.29 is 24.2 Å². The molecular weight excluding hydrogens is 322 g/mol. The van der Waals surface area contributed by atoms with Gasteiger partial charge in [0, 0.05) is 12.6 Å². The number of aliphatic hydroxyl groups is 1. The molecule has 0 aromatic rings. The number of nitrogens with one attached hydrogen (secondary N) is 1. The molecule has 2 N–H and O–H groups in total. The summed E-state index contributed by atoms with van der Waals surface area (Å²) in [4.78, 5) is 23.9. The van der Waals surface area contributed by atoms with E-state index in [2.05, 4.69) is 5.32 Å². The van der Waals surface area contributed by atoms with Gasteiger partial charge in [0.1, 0.15) is 11.2 Å². The lowest BCUT2D eigenvalue weighted by Crippen LogP contribution is -2.42. The number of esters is 1. The van der Waals surface area contributed by atoms with Gasteiger partial charge in [-0.3, -0.25) is 4.79 Å². The predicted molar refractivity (Wildman–Crippen MR) is 98.3 cm³/mol. The molecular formula is C19H37NO5. The van der Waals surface area contributed by atoms with Crippen molar-refractivity contribution in [1.82, 2.24) is 5.32 Å². The van der Waals surface area contributed by atoms with E-state index in [1.165, 1.54) is 0 Å². The average molecular weight is 360 g/mol. The lowest BCUT2D eigenvalue weighted by molar-refractivity contribution is -0.156. The maximum atomic E-state index is 12.0. The van der Waals surface area contributed by atoms with E-state index < -0.39 is 17.3 Å². The number of hydrogen-bond donors (Lipinski definition) is 2. The Balaban J connectivity index is 4.56. The molecule has 0 aliphatic heterocycles. The van der Waals surface area contributed by atoms with Crippen molar-refractivity contribution in [3.63, 3.8) is 0 Å². The van der Waals surface area contributed by atoms with Crippen LogP contribution in [0.2, 0.25) is 0 Å². The van der Waals surface area contributed by atoms with Crippen LogP contribution in [0, 0.1) is 11.8 Å². The van der Waals surface area contributed by atoms with Gasteiger partial charge >= 0.3 is 12.1 Å². The van der Waals surface area contributed by atoms with Gasteiger partial charge in [0.25, 0.3) is 0 Å². The second kappa shape index (κ2) is 10.00. The number of hydrogen-bond acceptors (Lipinski definition) is 5. The highest BCUT2D eigenvalue weighted by Crippen LogP contribution is 2.19. The average Bonchev–Trinajstić information content (AvgIpc) is 2.37. The summed E-state index contributed by atoms with van der Waals surface area (Å²) >= 11 is 0. The molecule has 0 spiro atoms. The van der Waals surface area contributed by atoms with Crippen molar-refractivity contribution in [3.8, 4) is 0 Å². The van der Waals surface area contributed by atoms with Gasteiger partial charge in [-0.05, 0) is 66.2 Å². The van der Waals surface area contributed by atoms with E-state index in [0.717, 1.165) is 0 Å². The minimum atomic E-state index is -0.546. The Kier molecular flexibility index (Phi) is 9.48. The highest BCUT2D eigenvalue weighted by Gasteiger charge is 2.24. The molecule has 0 saturated carbocycles. The van der Waals surface area contributed by atoms with Crippen LogP contribution in [0.3, 0.4) is 0 Å². The molecule has 0 fully saturated rings. The molecule has 25 heavy (non-hydrogen) atoms. The molecule has 0 aliphatic carbocycles. The molecule has 6 heteroatoms. The Morgan fingerprint density at radius 2 is 1.48 bits per heavy atom. The summed E-state index contributed by atoms with van der Waals surface area (Å²) in [5, 5.41) is 12.4. The summed E-state index contributed by atoms with van der Waals surface area (Å²) in [6.07, 6.45) is 1.00. The third-order valence-corrected chi connectivity index (χ3v) is 3.53. The van der Waals surface area contributed by atoms with Crippen LogP contribution < -0.4 is 5.32 Å². The highest BCUT2D eigenvalue weighted by molar-refractivity contribution is 5.70. The van der Waals surface area contributed by atoms with Gasteiger partial charge in [-0.2, -0.15) is 0 Å². The van der Waals surface area contributed by atoms with E-state index in [4.69, 9.17) is 9.47 Å². The van der Waals surface area contributed by atoms with Crippen molar-refractivity contribution in [3.05, 3.63) is 0 Å². The van der Waals surface area contributed by atoms with Crippen LogP contribution in [0.25, 0.3) is 0 Å². The second-order valence-electron chi connectivity index (χ2n) is 8.91. The lowest BCUT2D eigenvalue weighted by atomic mass is 9.92. The Labute approximate surface area is 152 Å². The van der Waals surface area contributed by atoms with E-state index in [-0.39, 0.29) is 36.9 Å². The molecule has 0 saturated heterocycles. The summed E-state index contributed by atoms with van der Waals surface area (Å²) in [6, 6.07) is -0.0810. The normalized spacial score (nSPS) is 14.8. The van der Waals surface area contributed by atoms with Gasteiger partial charge in [-0.1, -0.05) is 13.8 Å². The fourth-order valence-electron chi connectivity index (χ4n) is 2.32. The Morgan fingerprint density at radius 1 is 0.960 bits per heavy atom. The molecule has 0 rings (SSSR count). The van der Waals surface area contributed by atoms with Crippen molar-refractivity contribution in [2.45, 2.75) is 91.9 Å². The largest absolute Gasteiger partial charge is 0.460 e. The summed E-state index contributed by atoms with van der Waals surface area (Å²) in [5.74, 6) is -0.280. The fourth-order valence-corrected chi connectivity index (χ4v) is 2.32. The summed E-state index contributed by atoms with van der Waals surface area (Å²) in [5.41, 5.74) is -1.08. The zero-order chi connectivity index (χ0) is 19.8. The minimum Gasteiger partial charge on any atom is -0.460 e. The first-order chi connectivity index (χ1) is 11.2. The Bertz CT molecular complexity index is 421. The van der Waals surface area contributed by atoms with Crippen molar-refractivity contribution in [2.75, 3.05) is 6.61 Å². The predicted octanol–water partition coefficient (Wildman–Crippen LogP) is 3.66. The summed E-state index contributed by atoms with van der Waals surface area (Å²) in [7, 11) is 0. The van der Waals surface area contributed by atoms with Gasteiger partial charge in [0.2, 0.25) is 0 Å². The molecule has 6 nitrogen and oxygen atoms in total. The zero-order valence-corrected chi connectivity index (χ0v) is 17.1. The van der Waals surface area contributed by atoms with Crippen molar-refractivity contribution in [2.24, 2.45) is 11.8 Å². The van der Waals surface area contributed by atoms with Gasteiger partial charge in [-0.25, -0.2) is 4.79 Å². The molecule has 0 radical (unpaired) electrons. The number of rotatable bonds is 8. The first-order valence-corrected chi connectivity index (χ1v) is 9.05. The molecule has 0 aromatic heterocycles. The monoisotopic (exact) mass is 359 g/mol. The topological polar surface area (TPSA) is 84.9 Å². The molecule has 0 heterocycles. The van der Waals surface area contributed by atoms with Crippen LogP contribution >= 0.6 is 0 Å². The maximum absolute atomic E-state index is 12.0. The van der Waals surface area contributed by atoms with Crippen molar-refractivity contribution in [1.29, 1.82) is 0 Å². The van der Waals surface area contributed by atoms with E-state index in [9.17, 15) is 14.7 Å². The zero-order valence-electron chi connectivity index (χ0n) is 17.1. The Morgan fingerprint density at radius 3 is 1.88 bits per heavy atom. The maximum Gasteiger partial charge on any atom is 0.407 e. The highest BCUT2D eigenvalue weighted by atomic mass is 16.6. The van der Waals surface area contributed by atoms with Crippen molar-refractivity contribution >= 4 is 12.1 Å². The second-order valence-corrected chi connectivity index (χ2v) is 8.91. The number of carbonyl (C=O) groups excluding carboxylic acids is 2. The third kappa shape index (κ3) is 12.7. The number of ether oxygens (including phenoxy) is 2. The Hall–Kier alpha value is -1.30. The molecule has 1 amide bonds. The molecule has 148 valence electrons. The van der Waals surface area contributed by atoms with E-state index in [0.29, 0.717) is 12.8 Å². The van der Waals surface area contributed by atoms with Crippen LogP contribution in [-0.4, -0.2) is 41.0 Å². The van der Waals surface area contributed by atoms with Gasteiger partial charge in [0.05, 0.1) is 6.42 Å². The number of carbonyl (C=O) groups is 2. The first kappa shape index (κ1) is 23.7. The summed E-state index contributed by atoms with van der Waals surface area (Å²) < 4.78 is 10.6.